The zero-order chi connectivity index (χ0) is 15.0. The van der Waals surface area contributed by atoms with E-state index in [-0.39, 0.29) is 30.2 Å². The van der Waals surface area contributed by atoms with Crippen LogP contribution in [0.3, 0.4) is 0 Å². The lowest BCUT2D eigenvalue weighted by atomic mass is 9.81. The molecule has 2 rings (SSSR count). The number of nitro benzene ring substituents is 1. The minimum Gasteiger partial charge on any atom is -0.330 e. The third kappa shape index (κ3) is 3.11. The van der Waals surface area contributed by atoms with Gasteiger partial charge in [-0.2, -0.15) is 0 Å². The van der Waals surface area contributed by atoms with Crippen molar-refractivity contribution in [1.29, 1.82) is 0 Å². The molecule has 1 aliphatic heterocycles. The molecule has 2 N–H and O–H groups in total. The van der Waals surface area contributed by atoms with E-state index in [0.717, 1.165) is 0 Å². The van der Waals surface area contributed by atoms with E-state index in [4.69, 9.17) is 17.3 Å². The Kier molecular flexibility index (Phi) is 4.04. The summed E-state index contributed by atoms with van der Waals surface area (Å²) in [5.74, 6) is 0.0543. The topological polar surface area (TPSA) is 103 Å². The predicted octanol–water partition coefficient (Wildman–Crippen LogP) is 1.55. The van der Waals surface area contributed by atoms with Crippen LogP contribution in [0.5, 0.6) is 0 Å². The molecule has 1 aliphatic rings. The van der Waals surface area contributed by atoms with Crippen LogP contribution in [0.4, 0.5) is 5.69 Å². The van der Waals surface area contributed by atoms with Crippen LogP contribution < -0.4 is 5.73 Å². The molecule has 0 spiro atoms. The Morgan fingerprint density at radius 3 is 2.65 bits per heavy atom. The van der Waals surface area contributed by atoms with Gasteiger partial charge >= 0.3 is 0 Å². The monoisotopic (exact) mass is 318 g/mol. The Balaban J connectivity index is 2.38. The highest BCUT2D eigenvalue weighted by atomic mass is 35.5. The van der Waals surface area contributed by atoms with Gasteiger partial charge in [0.1, 0.15) is 0 Å². The fraction of sp³-hybridized carbons (Fsp3) is 0.500. The third-order valence-corrected chi connectivity index (χ3v) is 5.82. The molecule has 8 heteroatoms. The van der Waals surface area contributed by atoms with Gasteiger partial charge in [-0.05, 0) is 31.5 Å². The maximum atomic E-state index is 11.7. The smallest absolute Gasteiger partial charge is 0.272 e. The van der Waals surface area contributed by atoms with E-state index in [0.29, 0.717) is 17.0 Å². The van der Waals surface area contributed by atoms with Gasteiger partial charge in [0.15, 0.2) is 9.84 Å². The van der Waals surface area contributed by atoms with Crippen LogP contribution in [-0.2, 0) is 16.3 Å². The number of rotatable bonds is 4. The summed E-state index contributed by atoms with van der Waals surface area (Å²) < 4.78 is 23.3. The molecular formula is C12H15ClN2O4S. The van der Waals surface area contributed by atoms with Crippen molar-refractivity contribution in [3.8, 4) is 0 Å². The van der Waals surface area contributed by atoms with E-state index in [9.17, 15) is 18.5 Å². The zero-order valence-electron chi connectivity index (χ0n) is 10.7. The lowest BCUT2D eigenvalue weighted by Crippen LogP contribution is -2.34. The van der Waals surface area contributed by atoms with E-state index >= 15 is 0 Å². The molecule has 20 heavy (non-hydrogen) atoms. The molecule has 0 amide bonds. The van der Waals surface area contributed by atoms with Gasteiger partial charge in [-0.15, -0.1) is 0 Å². The Hall–Kier alpha value is -1.18. The van der Waals surface area contributed by atoms with Crippen molar-refractivity contribution >= 4 is 27.1 Å². The second kappa shape index (κ2) is 5.31. The normalized spacial score (nSPS) is 24.7. The molecule has 1 aromatic rings. The Labute approximate surface area is 122 Å². The van der Waals surface area contributed by atoms with Crippen molar-refractivity contribution in [2.45, 2.75) is 12.8 Å². The Bertz CT molecular complexity index is 647. The Morgan fingerprint density at radius 2 is 2.15 bits per heavy atom. The number of nitrogens with two attached hydrogens (primary N) is 1. The van der Waals surface area contributed by atoms with Crippen molar-refractivity contribution < 1.29 is 13.3 Å². The van der Waals surface area contributed by atoms with Gasteiger partial charge in [0.05, 0.1) is 16.4 Å². The summed E-state index contributed by atoms with van der Waals surface area (Å²) in [6.07, 6.45) is 0.676. The van der Waals surface area contributed by atoms with Crippen LogP contribution in [0.2, 0.25) is 5.02 Å². The molecule has 0 aromatic heterocycles. The van der Waals surface area contributed by atoms with Gasteiger partial charge in [0, 0.05) is 22.1 Å². The first kappa shape index (κ1) is 15.2. The van der Waals surface area contributed by atoms with Gasteiger partial charge in [-0.3, -0.25) is 10.1 Å². The largest absolute Gasteiger partial charge is 0.330 e. The molecule has 0 saturated carbocycles. The lowest BCUT2D eigenvalue weighted by molar-refractivity contribution is -0.385. The average molecular weight is 319 g/mol. The predicted molar refractivity (Wildman–Crippen MR) is 76.6 cm³/mol. The highest BCUT2D eigenvalue weighted by molar-refractivity contribution is 7.91. The van der Waals surface area contributed by atoms with Crippen LogP contribution in [0.25, 0.3) is 0 Å². The summed E-state index contributed by atoms with van der Waals surface area (Å²) in [5.41, 5.74) is 5.49. The molecule has 1 aromatic carbocycles. The quantitative estimate of drug-likeness (QED) is 0.670. The first-order valence-corrected chi connectivity index (χ1v) is 8.30. The molecule has 0 aliphatic carbocycles. The summed E-state index contributed by atoms with van der Waals surface area (Å²) in [6.45, 7) is 0.176. The van der Waals surface area contributed by atoms with Gasteiger partial charge in [0.25, 0.3) is 5.69 Å². The summed E-state index contributed by atoms with van der Waals surface area (Å²) in [6, 6.07) is 4.30. The molecule has 6 nitrogen and oxygen atoms in total. The van der Waals surface area contributed by atoms with Crippen molar-refractivity contribution in [3.05, 3.63) is 38.9 Å². The van der Waals surface area contributed by atoms with Gasteiger partial charge in [-0.25, -0.2) is 8.42 Å². The number of halogens is 1. The van der Waals surface area contributed by atoms with Crippen molar-refractivity contribution in [2.75, 3.05) is 18.1 Å². The second-order valence-electron chi connectivity index (χ2n) is 5.25. The zero-order valence-corrected chi connectivity index (χ0v) is 12.3. The minimum absolute atomic E-state index is 0.0276. The van der Waals surface area contributed by atoms with Crippen LogP contribution >= 0.6 is 11.6 Å². The fourth-order valence-corrected chi connectivity index (χ4v) is 5.01. The van der Waals surface area contributed by atoms with Gasteiger partial charge in [0.2, 0.25) is 0 Å². The molecule has 1 heterocycles. The molecule has 0 bridgehead atoms. The minimum atomic E-state index is -3.11. The highest BCUT2D eigenvalue weighted by Crippen LogP contribution is 2.37. The first-order chi connectivity index (χ1) is 9.27. The van der Waals surface area contributed by atoms with Crippen molar-refractivity contribution in [2.24, 2.45) is 11.1 Å². The van der Waals surface area contributed by atoms with E-state index in [1.807, 2.05) is 0 Å². The van der Waals surface area contributed by atoms with Crippen LogP contribution in [0.15, 0.2) is 18.2 Å². The molecule has 1 unspecified atom stereocenters. The summed E-state index contributed by atoms with van der Waals surface area (Å²) >= 11 is 5.88. The number of sulfone groups is 1. The molecule has 110 valence electrons. The standard InChI is InChI=1S/C12H15ClN2O4S/c13-10-1-2-11(15(16)17)9(5-10)6-12(7-14)3-4-20(18,19)8-12/h1-2,5H,3-4,6-8,14H2. The number of hydrogen-bond donors (Lipinski definition) is 1. The van der Waals surface area contributed by atoms with E-state index in [1.165, 1.54) is 18.2 Å². The van der Waals surface area contributed by atoms with Gasteiger partial charge in [-0.1, -0.05) is 11.6 Å². The third-order valence-electron chi connectivity index (χ3n) is 3.71. The maximum absolute atomic E-state index is 11.7. The second-order valence-corrected chi connectivity index (χ2v) is 7.87. The van der Waals surface area contributed by atoms with Crippen molar-refractivity contribution in [3.63, 3.8) is 0 Å². The van der Waals surface area contributed by atoms with E-state index in [2.05, 4.69) is 0 Å². The van der Waals surface area contributed by atoms with E-state index < -0.39 is 20.2 Å². The molecule has 1 saturated heterocycles. The summed E-state index contributed by atoms with van der Waals surface area (Å²) in [5, 5.41) is 11.4. The molecule has 1 atom stereocenters. The van der Waals surface area contributed by atoms with Gasteiger partial charge < -0.3 is 5.73 Å². The maximum Gasteiger partial charge on any atom is 0.272 e. The lowest BCUT2D eigenvalue weighted by Gasteiger charge is -2.25. The first-order valence-electron chi connectivity index (χ1n) is 6.10. The van der Waals surface area contributed by atoms with Crippen LogP contribution in [0.1, 0.15) is 12.0 Å². The van der Waals surface area contributed by atoms with E-state index in [1.54, 1.807) is 0 Å². The molecule has 1 fully saturated rings. The molecule has 0 radical (unpaired) electrons. The van der Waals surface area contributed by atoms with Crippen LogP contribution in [-0.4, -0.2) is 31.4 Å². The SMILES string of the molecule is NCC1(Cc2cc(Cl)ccc2[N+](=O)[O-])CCS(=O)(=O)C1. The fourth-order valence-electron chi connectivity index (χ4n) is 2.63. The molecular weight excluding hydrogens is 304 g/mol. The van der Waals surface area contributed by atoms with Crippen molar-refractivity contribution in [1.82, 2.24) is 0 Å². The number of benzene rings is 1. The van der Waals surface area contributed by atoms with Crippen LogP contribution in [0, 0.1) is 15.5 Å². The average Bonchev–Trinajstić information content (AvgIpc) is 2.65. The summed E-state index contributed by atoms with van der Waals surface area (Å²) in [4.78, 5) is 10.6. The number of nitrogens with zero attached hydrogens (tertiary/aromatic N) is 1. The Morgan fingerprint density at radius 1 is 1.45 bits per heavy atom. The summed E-state index contributed by atoms with van der Waals surface area (Å²) in [7, 11) is -3.11. The number of hydrogen-bond acceptors (Lipinski definition) is 5. The highest BCUT2D eigenvalue weighted by Gasteiger charge is 2.42. The number of nitro groups is 1.